The van der Waals surface area contributed by atoms with E-state index >= 15 is 0 Å². The first kappa shape index (κ1) is 23.7. The molecule has 3 rings (SSSR count). The van der Waals surface area contributed by atoms with Crippen LogP contribution in [0.2, 0.25) is 5.02 Å². The molecule has 1 N–H and O–H groups in total. The fourth-order valence-electron chi connectivity index (χ4n) is 3.66. The highest BCUT2D eigenvalue weighted by molar-refractivity contribution is 6.30. The Morgan fingerprint density at radius 1 is 1.25 bits per heavy atom. The van der Waals surface area contributed by atoms with Gasteiger partial charge in [0.15, 0.2) is 11.6 Å². The monoisotopic (exact) mass is 456 g/mol. The lowest BCUT2D eigenvalue weighted by atomic mass is 9.79. The Hall–Kier alpha value is -3.00. The van der Waals surface area contributed by atoms with Gasteiger partial charge in [0.05, 0.1) is 10.7 Å². The maximum absolute atomic E-state index is 11.7. The van der Waals surface area contributed by atoms with E-state index in [-0.39, 0.29) is 11.3 Å². The van der Waals surface area contributed by atoms with Gasteiger partial charge in [-0.05, 0) is 38.8 Å². The summed E-state index contributed by atoms with van der Waals surface area (Å²) < 4.78 is 6.01. The molecule has 0 aliphatic carbocycles. The summed E-state index contributed by atoms with van der Waals surface area (Å²) in [5.74, 6) is 3.02. The van der Waals surface area contributed by atoms with E-state index in [0.29, 0.717) is 41.3 Å². The summed E-state index contributed by atoms with van der Waals surface area (Å²) in [7, 11) is 1.76. The number of pyridine rings is 2. The second-order valence-corrected chi connectivity index (χ2v) is 8.56. The van der Waals surface area contributed by atoms with Crippen molar-refractivity contribution >= 4 is 35.0 Å². The van der Waals surface area contributed by atoms with Gasteiger partial charge < -0.3 is 15.0 Å². The molecule has 9 heteroatoms. The predicted octanol–water partition coefficient (Wildman–Crippen LogP) is 4.55. The van der Waals surface area contributed by atoms with Crippen molar-refractivity contribution in [2.45, 2.75) is 40.5 Å². The summed E-state index contributed by atoms with van der Waals surface area (Å²) in [6.45, 7) is 8.92. The number of carbonyl (C=O) groups is 1. The Kier molecular flexibility index (Phi) is 7.45. The van der Waals surface area contributed by atoms with Crippen LogP contribution in [0.15, 0.2) is 40.6 Å². The highest BCUT2D eigenvalue weighted by Gasteiger charge is 2.35. The van der Waals surface area contributed by atoms with Crippen LogP contribution in [0, 0.1) is 12.3 Å². The minimum Gasteiger partial charge on any atom is -0.451 e. The molecule has 1 amide bonds. The van der Waals surface area contributed by atoms with Gasteiger partial charge in [-0.1, -0.05) is 18.5 Å². The van der Waals surface area contributed by atoms with Crippen LogP contribution in [0.3, 0.4) is 0 Å². The molecule has 1 fully saturated rings. The Labute approximate surface area is 193 Å². The molecule has 0 atom stereocenters. The molecule has 32 heavy (non-hydrogen) atoms. The SMILES string of the molecule is CN=C(N/C(C)=N/c1ncc(Cl)cc1Oc1cccnc1C)C1(C)CCN(C(C)=O)CC1. The van der Waals surface area contributed by atoms with Crippen LogP contribution in [0.25, 0.3) is 0 Å². The predicted molar refractivity (Wildman–Crippen MR) is 127 cm³/mol. The zero-order valence-electron chi connectivity index (χ0n) is 19.1. The van der Waals surface area contributed by atoms with Gasteiger partial charge in [-0.2, -0.15) is 0 Å². The number of nitrogens with one attached hydrogen (secondary N) is 1. The Morgan fingerprint density at radius 2 is 1.97 bits per heavy atom. The zero-order chi connectivity index (χ0) is 23.3. The van der Waals surface area contributed by atoms with Gasteiger partial charge in [0.1, 0.15) is 17.4 Å². The molecule has 0 aromatic carbocycles. The van der Waals surface area contributed by atoms with Gasteiger partial charge in [0.25, 0.3) is 0 Å². The number of hydrogen-bond acceptors (Lipinski definition) is 6. The number of aryl methyl sites for hydroxylation is 1. The number of halogens is 1. The van der Waals surface area contributed by atoms with Crippen molar-refractivity contribution in [1.82, 2.24) is 20.2 Å². The summed E-state index contributed by atoms with van der Waals surface area (Å²) in [5, 5.41) is 3.79. The highest BCUT2D eigenvalue weighted by atomic mass is 35.5. The van der Waals surface area contributed by atoms with Crippen LogP contribution in [-0.4, -0.2) is 52.6 Å². The number of piperidine rings is 1. The van der Waals surface area contributed by atoms with Crippen molar-refractivity contribution in [1.29, 1.82) is 0 Å². The van der Waals surface area contributed by atoms with Crippen molar-refractivity contribution in [3.63, 3.8) is 0 Å². The third kappa shape index (κ3) is 5.62. The molecule has 0 spiro atoms. The van der Waals surface area contributed by atoms with E-state index in [2.05, 4.69) is 32.2 Å². The lowest BCUT2D eigenvalue weighted by Crippen LogP contribution is -2.49. The van der Waals surface area contributed by atoms with Crippen LogP contribution in [0.5, 0.6) is 11.5 Å². The Balaban J connectivity index is 1.80. The topological polar surface area (TPSA) is 92.1 Å². The molecule has 2 aromatic heterocycles. The standard InChI is InChI=1S/C23H29ClN6O2/c1-15-19(7-6-10-26-15)32-20-13-18(24)14-27-21(20)28-16(2)29-22(25-5)23(4)8-11-30(12-9-23)17(3)31/h6-7,10,13-14H,8-9,11-12H2,1-5H3,(H,25,27,28,29). The summed E-state index contributed by atoms with van der Waals surface area (Å²) in [6, 6.07) is 5.32. The largest absolute Gasteiger partial charge is 0.451 e. The lowest BCUT2D eigenvalue weighted by molar-refractivity contribution is -0.130. The molecule has 1 saturated heterocycles. The number of amidine groups is 2. The molecular weight excluding hydrogens is 428 g/mol. The maximum Gasteiger partial charge on any atom is 0.219 e. The molecule has 8 nitrogen and oxygen atoms in total. The maximum atomic E-state index is 11.7. The molecule has 0 saturated carbocycles. The van der Waals surface area contributed by atoms with E-state index in [4.69, 9.17) is 16.3 Å². The molecule has 0 bridgehead atoms. The summed E-state index contributed by atoms with van der Waals surface area (Å²) in [4.78, 5) is 31.3. The summed E-state index contributed by atoms with van der Waals surface area (Å²) in [5.41, 5.74) is 0.583. The number of aromatic nitrogens is 2. The molecule has 3 heterocycles. The molecular formula is C23H29ClN6O2. The van der Waals surface area contributed by atoms with Crippen LogP contribution in [-0.2, 0) is 4.79 Å². The second-order valence-electron chi connectivity index (χ2n) is 8.13. The average Bonchev–Trinajstić information content (AvgIpc) is 2.75. The smallest absolute Gasteiger partial charge is 0.219 e. The van der Waals surface area contributed by atoms with Gasteiger partial charge in [-0.15, -0.1) is 0 Å². The van der Waals surface area contributed by atoms with Crippen molar-refractivity contribution in [3.05, 3.63) is 41.3 Å². The number of hydrogen-bond donors (Lipinski definition) is 1. The van der Waals surface area contributed by atoms with Crippen molar-refractivity contribution in [2.75, 3.05) is 20.1 Å². The quantitative estimate of drug-likeness (QED) is 0.538. The third-order valence-corrected chi connectivity index (χ3v) is 5.87. The van der Waals surface area contributed by atoms with Gasteiger partial charge in [-0.25, -0.2) is 9.98 Å². The van der Waals surface area contributed by atoms with E-state index in [1.807, 2.05) is 24.8 Å². The van der Waals surface area contributed by atoms with Crippen molar-refractivity contribution < 1.29 is 9.53 Å². The number of rotatable bonds is 4. The van der Waals surface area contributed by atoms with Gasteiger partial charge in [0, 0.05) is 50.9 Å². The van der Waals surface area contributed by atoms with Crippen molar-refractivity contribution in [3.8, 4) is 11.5 Å². The van der Waals surface area contributed by atoms with Gasteiger partial charge >= 0.3 is 0 Å². The fraction of sp³-hybridized carbons (Fsp3) is 0.435. The van der Waals surface area contributed by atoms with Crippen molar-refractivity contribution in [2.24, 2.45) is 15.4 Å². The van der Waals surface area contributed by atoms with E-state index < -0.39 is 0 Å². The Bertz CT molecular complexity index is 1040. The number of nitrogens with zero attached hydrogens (tertiary/aromatic N) is 5. The number of amides is 1. The minimum absolute atomic E-state index is 0.109. The minimum atomic E-state index is -0.170. The molecule has 0 unspecified atom stereocenters. The number of aliphatic imine (C=N–C) groups is 2. The first-order valence-electron chi connectivity index (χ1n) is 10.5. The molecule has 0 radical (unpaired) electrons. The first-order valence-corrected chi connectivity index (χ1v) is 10.9. The van der Waals surface area contributed by atoms with Crippen LogP contribution in [0.4, 0.5) is 5.82 Å². The van der Waals surface area contributed by atoms with Crippen LogP contribution in [0.1, 0.15) is 39.3 Å². The molecule has 2 aromatic rings. The number of likely N-dealkylation sites (tertiary alicyclic amines) is 1. The lowest BCUT2D eigenvalue weighted by Gasteiger charge is -2.39. The fourth-order valence-corrected chi connectivity index (χ4v) is 3.80. The van der Waals surface area contributed by atoms with E-state index in [9.17, 15) is 4.79 Å². The van der Waals surface area contributed by atoms with Crippen LogP contribution >= 0.6 is 11.6 Å². The van der Waals surface area contributed by atoms with Gasteiger partial charge in [-0.3, -0.25) is 14.8 Å². The molecule has 170 valence electrons. The normalized spacial score (nSPS) is 16.6. The summed E-state index contributed by atoms with van der Waals surface area (Å²) >= 11 is 6.15. The van der Waals surface area contributed by atoms with Crippen LogP contribution < -0.4 is 10.1 Å². The third-order valence-electron chi connectivity index (χ3n) is 5.66. The molecule has 1 aliphatic rings. The second kappa shape index (κ2) is 10.1. The first-order chi connectivity index (χ1) is 15.2. The average molecular weight is 457 g/mol. The van der Waals surface area contributed by atoms with E-state index in [0.717, 1.165) is 24.4 Å². The van der Waals surface area contributed by atoms with E-state index in [1.54, 1.807) is 32.3 Å². The number of ether oxygens (including phenoxy) is 1. The Morgan fingerprint density at radius 3 is 2.59 bits per heavy atom. The molecule has 1 aliphatic heterocycles. The number of carbonyl (C=O) groups excluding carboxylic acids is 1. The van der Waals surface area contributed by atoms with Gasteiger partial charge in [0.2, 0.25) is 5.91 Å². The van der Waals surface area contributed by atoms with E-state index in [1.165, 1.54) is 6.20 Å². The zero-order valence-corrected chi connectivity index (χ0v) is 19.9. The highest BCUT2D eigenvalue weighted by Crippen LogP contribution is 2.34. The summed E-state index contributed by atoms with van der Waals surface area (Å²) in [6.07, 6.45) is 4.89.